The summed E-state index contributed by atoms with van der Waals surface area (Å²) >= 11 is -2.64. The van der Waals surface area contributed by atoms with Gasteiger partial charge in [-0.1, -0.05) is 6.07 Å². The minimum absolute atomic E-state index is 0. The number of alkyl halides is 3. The first-order valence-corrected chi connectivity index (χ1v) is 4.67. The normalized spacial score (nSPS) is 13.1. The molecule has 0 heterocycles. The van der Waals surface area contributed by atoms with Crippen molar-refractivity contribution in [3.05, 3.63) is 29.3 Å². The molecule has 0 aliphatic carbocycles. The van der Waals surface area contributed by atoms with Crippen LogP contribution in [0.4, 0.5) is 13.2 Å². The van der Waals surface area contributed by atoms with Gasteiger partial charge in [-0.3, -0.25) is 4.21 Å². The van der Waals surface area contributed by atoms with Crippen LogP contribution in [0.5, 0.6) is 0 Å². The Morgan fingerprint density at radius 1 is 1.33 bits per heavy atom. The second-order valence-corrected chi connectivity index (χ2v) is 3.62. The molecule has 2 nitrogen and oxygen atoms in total. The van der Waals surface area contributed by atoms with E-state index in [1.165, 1.54) is 6.92 Å². The zero-order valence-corrected chi connectivity index (χ0v) is 10.9. The second kappa shape index (κ2) is 5.45. The van der Waals surface area contributed by atoms with Crippen LogP contribution in [0.25, 0.3) is 0 Å². The predicted octanol–water partition coefficient (Wildman–Crippen LogP) is -0.744. The molecule has 0 bridgehead atoms. The largest absolute Gasteiger partial charge is 1.00 e. The van der Waals surface area contributed by atoms with Crippen molar-refractivity contribution in [2.75, 3.05) is 0 Å². The second-order valence-electron chi connectivity index (χ2n) is 2.71. The third kappa shape index (κ3) is 3.88. The van der Waals surface area contributed by atoms with Crippen molar-refractivity contribution in [1.29, 1.82) is 0 Å². The first-order chi connectivity index (χ1) is 6.32. The average Bonchev–Trinajstić information content (AvgIpc) is 2.02. The van der Waals surface area contributed by atoms with Crippen molar-refractivity contribution in [2.45, 2.75) is 18.0 Å². The van der Waals surface area contributed by atoms with Crippen molar-refractivity contribution in [1.82, 2.24) is 0 Å². The van der Waals surface area contributed by atoms with E-state index in [9.17, 15) is 21.9 Å². The number of rotatable bonds is 1. The molecule has 1 rings (SSSR count). The minimum atomic E-state index is -4.51. The zero-order chi connectivity index (χ0) is 10.9. The molecule has 0 N–H and O–H groups in total. The van der Waals surface area contributed by atoms with Crippen LogP contribution >= 0.6 is 0 Å². The molecule has 1 unspecified atom stereocenters. The van der Waals surface area contributed by atoms with Crippen molar-refractivity contribution >= 4 is 11.1 Å². The standard InChI is InChI=1S/C8H7F3O2S.Na/c1-5-2-3-6(8(9,10)11)4-7(5)14(12)13;/h2-4H,1H3,(H,12,13);/q;+1/p-1. The maximum Gasteiger partial charge on any atom is 1.00 e. The van der Waals surface area contributed by atoms with Crippen LogP contribution in [-0.2, 0) is 17.3 Å². The fourth-order valence-electron chi connectivity index (χ4n) is 0.956. The van der Waals surface area contributed by atoms with Gasteiger partial charge in [-0.15, -0.1) is 0 Å². The fraction of sp³-hybridized carbons (Fsp3) is 0.250. The van der Waals surface area contributed by atoms with Gasteiger partial charge in [-0.25, -0.2) is 0 Å². The number of halogens is 3. The Morgan fingerprint density at radius 3 is 2.27 bits per heavy atom. The van der Waals surface area contributed by atoms with Crippen LogP contribution in [0.1, 0.15) is 11.1 Å². The summed E-state index contributed by atoms with van der Waals surface area (Å²) in [5, 5.41) is 0. The van der Waals surface area contributed by atoms with Crippen molar-refractivity contribution < 1.29 is 51.5 Å². The van der Waals surface area contributed by atoms with E-state index in [0.29, 0.717) is 11.6 Å². The van der Waals surface area contributed by atoms with Gasteiger partial charge in [0, 0.05) is 4.90 Å². The number of benzene rings is 1. The van der Waals surface area contributed by atoms with Crippen LogP contribution < -0.4 is 29.6 Å². The molecule has 15 heavy (non-hydrogen) atoms. The van der Waals surface area contributed by atoms with Crippen molar-refractivity contribution in [3.8, 4) is 0 Å². The summed E-state index contributed by atoms with van der Waals surface area (Å²) in [6, 6.07) is 2.61. The van der Waals surface area contributed by atoms with Gasteiger partial charge in [-0.2, -0.15) is 13.2 Å². The molecule has 0 aliphatic rings. The average molecular weight is 246 g/mol. The molecule has 0 saturated heterocycles. The molecule has 78 valence electrons. The van der Waals surface area contributed by atoms with E-state index in [1.54, 1.807) is 0 Å². The van der Waals surface area contributed by atoms with Gasteiger partial charge >= 0.3 is 35.7 Å². The number of hydrogen-bond acceptors (Lipinski definition) is 2. The Morgan fingerprint density at radius 2 is 1.87 bits per heavy atom. The van der Waals surface area contributed by atoms with E-state index in [1.807, 2.05) is 0 Å². The number of aryl methyl sites for hydroxylation is 1. The third-order valence-electron chi connectivity index (χ3n) is 1.70. The fourth-order valence-corrected chi connectivity index (χ4v) is 1.51. The molecule has 1 aromatic carbocycles. The molecule has 0 saturated carbocycles. The summed E-state index contributed by atoms with van der Waals surface area (Å²) in [7, 11) is 0. The predicted molar refractivity (Wildman–Crippen MR) is 43.4 cm³/mol. The van der Waals surface area contributed by atoms with E-state index >= 15 is 0 Å². The summed E-state index contributed by atoms with van der Waals surface area (Å²) in [6.07, 6.45) is -4.51. The Bertz CT molecular complexity index is 379. The maximum absolute atomic E-state index is 12.2. The molecular weight excluding hydrogens is 240 g/mol. The summed E-state index contributed by atoms with van der Waals surface area (Å²) in [5.41, 5.74) is -0.659. The maximum atomic E-state index is 12.2. The van der Waals surface area contributed by atoms with Gasteiger partial charge in [0.25, 0.3) is 0 Å². The first kappa shape index (κ1) is 15.1. The van der Waals surface area contributed by atoms with Crippen molar-refractivity contribution in [2.24, 2.45) is 0 Å². The first-order valence-electron chi connectivity index (χ1n) is 3.59. The van der Waals surface area contributed by atoms with Crippen LogP contribution in [0, 0.1) is 6.92 Å². The van der Waals surface area contributed by atoms with Crippen LogP contribution in [0.2, 0.25) is 0 Å². The molecule has 0 spiro atoms. The quantitative estimate of drug-likeness (QED) is 0.483. The van der Waals surface area contributed by atoms with Crippen LogP contribution in [-0.4, -0.2) is 8.76 Å². The SMILES string of the molecule is Cc1ccc(C(F)(F)F)cc1S(=O)[O-].[Na+]. The van der Waals surface area contributed by atoms with Gasteiger partial charge in [0.1, 0.15) is 0 Å². The molecule has 0 aromatic heterocycles. The molecule has 7 heteroatoms. The van der Waals surface area contributed by atoms with Gasteiger partial charge < -0.3 is 4.55 Å². The molecule has 0 fully saturated rings. The smallest absolute Gasteiger partial charge is 0.768 e. The van der Waals surface area contributed by atoms with E-state index < -0.39 is 22.8 Å². The van der Waals surface area contributed by atoms with Crippen LogP contribution in [0.15, 0.2) is 23.1 Å². The van der Waals surface area contributed by atoms with E-state index in [-0.39, 0.29) is 34.5 Å². The third-order valence-corrected chi connectivity index (χ3v) is 2.49. The topological polar surface area (TPSA) is 40.1 Å². The van der Waals surface area contributed by atoms with E-state index in [4.69, 9.17) is 0 Å². The Labute approximate surface area is 109 Å². The number of hydrogen-bond donors (Lipinski definition) is 0. The molecule has 0 aliphatic heterocycles. The Balaban J connectivity index is 0.00000196. The van der Waals surface area contributed by atoms with Crippen molar-refractivity contribution in [3.63, 3.8) is 0 Å². The molecule has 0 amide bonds. The zero-order valence-electron chi connectivity index (χ0n) is 8.09. The van der Waals surface area contributed by atoms with Gasteiger partial charge in [0.05, 0.1) is 5.56 Å². The summed E-state index contributed by atoms with van der Waals surface area (Å²) in [6.45, 7) is 1.44. The summed E-state index contributed by atoms with van der Waals surface area (Å²) in [4.78, 5) is -0.320. The molecule has 1 aromatic rings. The summed E-state index contributed by atoms with van der Waals surface area (Å²) < 4.78 is 57.6. The molecular formula is C8H6F3NaO2S. The van der Waals surface area contributed by atoms with Crippen LogP contribution in [0.3, 0.4) is 0 Å². The molecule has 0 radical (unpaired) electrons. The Hall–Kier alpha value is 0.120. The van der Waals surface area contributed by atoms with Gasteiger partial charge in [0.15, 0.2) is 0 Å². The monoisotopic (exact) mass is 246 g/mol. The van der Waals surface area contributed by atoms with Gasteiger partial charge in [0.2, 0.25) is 0 Å². The summed E-state index contributed by atoms with van der Waals surface area (Å²) in [5.74, 6) is 0. The molecule has 1 atom stereocenters. The van der Waals surface area contributed by atoms with E-state index in [0.717, 1.165) is 12.1 Å². The minimum Gasteiger partial charge on any atom is -0.768 e. The Kier molecular flexibility index (Phi) is 5.49. The van der Waals surface area contributed by atoms with Gasteiger partial charge in [-0.05, 0) is 35.7 Å². The van der Waals surface area contributed by atoms with E-state index in [2.05, 4.69) is 0 Å².